The van der Waals surface area contributed by atoms with Gasteiger partial charge in [0.1, 0.15) is 5.75 Å². The van der Waals surface area contributed by atoms with Gasteiger partial charge in [0.2, 0.25) is 0 Å². The van der Waals surface area contributed by atoms with Crippen molar-refractivity contribution in [2.45, 2.75) is 20.8 Å². The molecule has 20 heavy (non-hydrogen) atoms. The summed E-state index contributed by atoms with van der Waals surface area (Å²) in [6.07, 6.45) is 3.61. The van der Waals surface area contributed by atoms with Gasteiger partial charge >= 0.3 is 0 Å². The first-order valence-corrected chi connectivity index (χ1v) is 6.57. The van der Waals surface area contributed by atoms with Gasteiger partial charge in [0, 0.05) is 18.0 Å². The van der Waals surface area contributed by atoms with Crippen LogP contribution in [-0.4, -0.2) is 21.7 Å². The first-order chi connectivity index (χ1) is 9.61. The number of benzene rings is 1. The molecule has 0 bridgehead atoms. The van der Waals surface area contributed by atoms with E-state index in [4.69, 9.17) is 4.74 Å². The van der Waals surface area contributed by atoms with Crippen molar-refractivity contribution in [1.82, 2.24) is 14.6 Å². The molecule has 3 aromatic rings. The molecule has 3 rings (SSSR count). The van der Waals surface area contributed by atoms with Gasteiger partial charge in [-0.05, 0) is 55.7 Å². The van der Waals surface area contributed by atoms with Crippen LogP contribution in [0.5, 0.6) is 5.75 Å². The number of hydrogen-bond acceptors (Lipinski definition) is 3. The maximum Gasteiger partial charge on any atom is 0.153 e. The number of rotatable bonds is 2. The van der Waals surface area contributed by atoms with Gasteiger partial charge < -0.3 is 4.74 Å². The van der Waals surface area contributed by atoms with Crippen LogP contribution >= 0.6 is 0 Å². The monoisotopic (exact) mass is 267 g/mol. The van der Waals surface area contributed by atoms with E-state index >= 15 is 0 Å². The van der Waals surface area contributed by atoms with Gasteiger partial charge in [0.05, 0.1) is 12.8 Å². The van der Waals surface area contributed by atoms with Crippen LogP contribution in [0.3, 0.4) is 0 Å². The average Bonchev–Trinajstić information content (AvgIpc) is 2.90. The largest absolute Gasteiger partial charge is 0.496 e. The van der Waals surface area contributed by atoms with E-state index in [-0.39, 0.29) is 0 Å². The minimum atomic E-state index is 0.855. The van der Waals surface area contributed by atoms with Crippen molar-refractivity contribution >= 4 is 5.65 Å². The van der Waals surface area contributed by atoms with Crippen molar-refractivity contribution in [3.05, 3.63) is 47.3 Å². The molecular weight excluding hydrogens is 250 g/mol. The van der Waals surface area contributed by atoms with Crippen LogP contribution in [0.4, 0.5) is 0 Å². The number of imidazole rings is 1. The van der Waals surface area contributed by atoms with Crippen LogP contribution in [0.1, 0.15) is 16.7 Å². The molecule has 102 valence electrons. The third-order valence-corrected chi connectivity index (χ3v) is 3.76. The minimum Gasteiger partial charge on any atom is -0.496 e. The van der Waals surface area contributed by atoms with Crippen LogP contribution in [0, 0.1) is 20.8 Å². The molecule has 0 atom stereocenters. The van der Waals surface area contributed by atoms with E-state index in [2.05, 4.69) is 36.9 Å². The summed E-state index contributed by atoms with van der Waals surface area (Å²) in [7, 11) is 1.71. The summed E-state index contributed by atoms with van der Waals surface area (Å²) in [4.78, 5) is 4.22. The Morgan fingerprint density at radius 2 is 1.90 bits per heavy atom. The zero-order valence-corrected chi connectivity index (χ0v) is 12.1. The van der Waals surface area contributed by atoms with E-state index in [0.717, 1.165) is 33.8 Å². The fourth-order valence-corrected chi connectivity index (χ4v) is 2.60. The lowest BCUT2D eigenvalue weighted by Crippen LogP contribution is -1.99. The summed E-state index contributed by atoms with van der Waals surface area (Å²) >= 11 is 0. The first kappa shape index (κ1) is 12.7. The molecule has 1 aromatic carbocycles. The van der Waals surface area contributed by atoms with Crippen molar-refractivity contribution in [1.29, 1.82) is 0 Å². The topological polar surface area (TPSA) is 39.4 Å². The molecule has 0 fully saturated rings. The molecule has 0 N–H and O–H groups in total. The molecule has 0 radical (unpaired) electrons. The molecule has 0 unspecified atom stereocenters. The van der Waals surface area contributed by atoms with Gasteiger partial charge in [-0.3, -0.25) is 0 Å². The predicted molar refractivity (Wildman–Crippen MR) is 79.2 cm³/mol. The average molecular weight is 267 g/mol. The zero-order valence-electron chi connectivity index (χ0n) is 12.1. The number of hydrogen-bond donors (Lipinski definition) is 0. The second kappa shape index (κ2) is 4.63. The SMILES string of the molecule is COc1c(C)cc(-c2ccc3nccn3n2)c(C)c1C. The summed E-state index contributed by atoms with van der Waals surface area (Å²) < 4.78 is 7.26. The van der Waals surface area contributed by atoms with E-state index < -0.39 is 0 Å². The van der Waals surface area contributed by atoms with E-state index in [1.54, 1.807) is 17.8 Å². The Morgan fingerprint density at radius 1 is 1.10 bits per heavy atom. The van der Waals surface area contributed by atoms with Crippen LogP contribution in [0.15, 0.2) is 30.6 Å². The molecular formula is C16H17N3O. The Morgan fingerprint density at radius 3 is 2.65 bits per heavy atom. The Bertz CT molecular complexity index is 790. The Balaban J connectivity index is 2.23. The summed E-state index contributed by atoms with van der Waals surface area (Å²) in [5.74, 6) is 0.954. The van der Waals surface area contributed by atoms with E-state index in [9.17, 15) is 0 Å². The maximum atomic E-state index is 5.47. The van der Waals surface area contributed by atoms with Crippen LogP contribution < -0.4 is 4.74 Å². The van der Waals surface area contributed by atoms with E-state index in [0.29, 0.717) is 0 Å². The molecule has 0 spiro atoms. The molecule has 0 amide bonds. The molecule has 0 aliphatic rings. The highest BCUT2D eigenvalue weighted by Gasteiger charge is 2.13. The zero-order chi connectivity index (χ0) is 14.3. The third kappa shape index (κ3) is 1.84. The van der Waals surface area contributed by atoms with Crippen molar-refractivity contribution < 1.29 is 4.74 Å². The highest BCUT2D eigenvalue weighted by atomic mass is 16.5. The molecule has 0 aliphatic carbocycles. The molecule has 0 aliphatic heterocycles. The lowest BCUT2D eigenvalue weighted by Gasteiger charge is -2.15. The van der Waals surface area contributed by atoms with Crippen LogP contribution in [0.25, 0.3) is 16.9 Å². The number of aryl methyl sites for hydroxylation is 1. The number of fused-ring (bicyclic) bond motifs is 1. The number of ether oxygens (including phenoxy) is 1. The highest BCUT2D eigenvalue weighted by molar-refractivity contribution is 5.69. The summed E-state index contributed by atoms with van der Waals surface area (Å²) in [5, 5.41) is 4.62. The second-order valence-corrected chi connectivity index (χ2v) is 4.97. The van der Waals surface area contributed by atoms with Gasteiger partial charge in [-0.25, -0.2) is 9.50 Å². The lowest BCUT2D eigenvalue weighted by molar-refractivity contribution is 0.408. The normalized spacial score (nSPS) is 11.0. The highest BCUT2D eigenvalue weighted by Crippen LogP contribution is 2.33. The Hall–Kier alpha value is -2.36. The minimum absolute atomic E-state index is 0.855. The summed E-state index contributed by atoms with van der Waals surface area (Å²) in [6, 6.07) is 6.12. The van der Waals surface area contributed by atoms with E-state index in [1.807, 2.05) is 18.3 Å². The standard InChI is InChI=1S/C16H17N3O/c1-10-9-13(11(2)12(3)16(10)20-4)14-5-6-15-17-7-8-19(15)18-14/h5-9H,1-4H3. The van der Waals surface area contributed by atoms with Crippen molar-refractivity contribution in [2.75, 3.05) is 7.11 Å². The molecule has 4 nitrogen and oxygen atoms in total. The molecule has 4 heteroatoms. The predicted octanol–water partition coefficient (Wildman–Crippen LogP) is 3.33. The van der Waals surface area contributed by atoms with Gasteiger partial charge in [-0.1, -0.05) is 0 Å². The van der Waals surface area contributed by atoms with Crippen molar-refractivity contribution in [3.8, 4) is 17.0 Å². The van der Waals surface area contributed by atoms with Gasteiger partial charge in [-0.15, -0.1) is 0 Å². The van der Waals surface area contributed by atoms with E-state index in [1.165, 1.54) is 5.56 Å². The fraction of sp³-hybridized carbons (Fsp3) is 0.250. The summed E-state index contributed by atoms with van der Waals surface area (Å²) in [6.45, 7) is 6.25. The third-order valence-electron chi connectivity index (χ3n) is 3.76. The molecule has 2 aromatic heterocycles. The van der Waals surface area contributed by atoms with Crippen molar-refractivity contribution in [2.24, 2.45) is 0 Å². The number of methoxy groups -OCH3 is 1. The number of nitrogens with zero attached hydrogens (tertiary/aromatic N) is 3. The fourth-order valence-electron chi connectivity index (χ4n) is 2.60. The lowest BCUT2D eigenvalue weighted by atomic mass is 9.96. The smallest absolute Gasteiger partial charge is 0.153 e. The first-order valence-electron chi connectivity index (χ1n) is 6.57. The molecule has 0 saturated carbocycles. The van der Waals surface area contributed by atoms with Gasteiger partial charge in [-0.2, -0.15) is 5.10 Å². The Kier molecular flexibility index (Phi) is 2.93. The van der Waals surface area contributed by atoms with Gasteiger partial charge in [0.25, 0.3) is 0 Å². The van der Waals surface area contributed by atoms with Crippen molar-refractivity contribution in [3.63, 3.8) is 0 Å². The second-order valence-electron chi connectivity index (χ2n) is 4.97. The van der Waals surface area contributed by atoms with Gasteiger partial charge in [0.15, 0.2) is 5.65 Å². The number of aromatic nitrogens is 3. The molecule has 2 heterocycles. The molecule has 0 saturated heterocycles. The maximum absolute atomic E-state index is 5.47. The quantitative estimate of drug-likeness (QED) is 0.715. The van der Waals surface area contributed by atoms with Crippen LogP contribution in [0.2, 0.25) is 0 Å². The van der Waals surface area contributed by atoms with Crippen LogP contribution in [-0.2, 0) is 0 Å². The summed E-state index contributed by atoms with van der Waals surface area (Å²) in [5.41, 5.74) is 6.42. The Labute approximate surface area is 118 Å².